The van der Waals surface area contributed by atoms with Gasteiger partial charge >= 0.3 is 0 Å². The Hall–Kier alpha value is -1.13. The third-order valence-corrected chi connectivity index (χ3v) is 5.41. The molecule has 0 amide bonds. The van der Waals surface area contributed by atoms with E-state index in [-0.39, 0.29) is 5.60 Å². The van der Waals surface area contributed by atoms with Crippen molar-refractivity contribution in [3.8, 4) is 0 Å². The number of piperidine rings is 2. The molecule has 0 saturated carbocycles. The van der Waals surface area contributed by atoms with Gasteiger partial charge in [-0.05, 0) is 70.9 Å². The number of rotatable bonds is 4. The third-order valence-electron chi connectivity index (χ3n) is 5.41. The molecule has 0 aromatic carbocycles. The lowest BCUT2D eigenvalue weighted by Gasteiger charge is -2.39. The van der Waals surface area contributed by atoms with Gasteiger partial charge in [-0.15, -0.1) is 0 Å². The van der Waals surface area contributed by atoms with Crippen molar-refractivity contribution in [2.24, 2.45) is 5.92 Å². The van der Waals surface area contributed by atoms with Crippen LogP contribution < -0.4 is 4.90 Å². The van der Waals surface area contributed by atoms with E-state index in [0.717, 1.165) is 24.8 Å². The lowest BCUT2D eigenvalue weighted by atomic mass is 9.95. The van der Waals surface area contributed by atoms with E-state index in [4.69, 9.17) is 4.74 Å². The first-order valence-corrected chi connectivity index (χ1v) is 9.97. The molecular formula is C21H35N3O. The molecule has 0 spiro atoms. The molecule has 25 heavy (non-hydrogen) atoms. The highest BCUT2D eigenvalue weighted by Gasteiger charge is 2.27. The van der Waals surface area contributed by atoms with Crippen molar-refractivity contribution < 1.29 is 4.74 Å². The molecule has 0 radical (unpaired) electrons. The molecule has 3 rings (SSSR count). The van der Waals surface area contributed by atoms with Crippen molar-refractivity contribution in [1.82, 2.24) is 9.88 Å². The highest BCUT2D eigenvalue weighted by molar-refractivity contribution is 5.39. The summed E-state index contributed by atoms with van der Waals surface area (Å²) in [5.74, 6) is 1.98. The van der Waals surface area contributed by atoms with Crippen LogP contribution in [0.25, 0.3) is 0 Å². The summed E-state index contributed by atoms with van der Waals surface area (Å²) in [6.45, 7) is 14.5. The fourth-order valence-electron chi connectivity index (χ4n) is 4.07. The Labute approximate surface area is 153 Å². The van der Waals surface area contributed by atoms with Gasteiger partial charge in [0, 0.05) is 38.9 Å². The number of likely N-dealkylation sites (tertiary alicyclic amines) is 1. The van der Waals surface area contributed by atoms with E-state index in [1.54, 1.807) is 0 Å². The second-order valence-electron chi connectivity index (χ2n) is 8.85. The molecule has 4 nitrogen and oxygen atoms in total. The SMILES string of the molecule is Cc1ccc(N2CCC(CN3CCC(OC(C)(C)C)CC3)CC2)nc1. The van der Waals surface area contributed by atoms with Gasteiger partial charge in [0.2, 0.25) is 0 Å². The van der Waals surface area contributed by atoms with Crippen LogP contribution in [0.4, 0.5) is 5.82 Å². The normalized spacial score (nSPS) is 21.7. The molecule has 1 aromatic rings. The quantitative estimate of drug-likeness (QED) is 0.828. The number of aryl methyl sites for hydroxylation is 1. The van der Waals surface area contributed by atoms with E-state index in [1.807, 2.05) is 6.20 Å². The van der Waals surface area contributed by atoms with Crippen molar-refractivity contribution >= 4 is 5.82 Å². The number of nitrogens with zero attached hydrogens (tertiary/aromatic N) is 3. The van der Waals surface area contributed by atoms with Gasteiger partial charge in [0.25, 0.3) is 0 Å². The van der Waals surface area contributed by atoms with Gasteiger partial charge in [0.15, 0.2) is 0 Å². The lowest BCUT2D eigenvalue weighted by molar-refractivity contribution is -0.0831. The summed E-state index contributed by atoms with van der Waals surface area (Å²) in [5, 5.41) is 0. The van der Waals surface area contributed by atoms with E-state index >= 15 is 0 Å². The molecular weight excluding hydrogens is 310 g/mol. The minimum absolute atomic E-state index is 0.0102. The molecule has 2 aliphatic heterocycles. The summed E-state index contributed by atoms with van der Waals surface area (Å²) in [4.78, 5) is 9.69. The Morgan fingerprint density at radius 3 is 2.28 bits per heavy atom. The summed E-state index contributed by atoms with van der Waals surface area (Å²) in [6, 6.07) is 4.33. The maximum Gasteiger partial charge on any atom is 0.128 e. The zero-order chi connectivity index (χ0) is 17.9. The molecule has 0 unspecified atom stereocenters. The van der Waals surface area contributed by atoms with Crippen LogP contribution in [0.3, 0.4) is 0 Å². The van der Waals surface area contributed by atoms with E-state index in [1.165, 1.54) is 50.9 Å². The topological polar surface area (TPSA) is 28.6 Å². The van der Waals surface area contributed by atoms with Gasteiger partial charge in [-0.3, -0.25) is 0 Å². The zero-order valence-electron chi connectivity index (χ0n) is 16.5. The van der Waals surface area contributed by atoms with Crippen LogP contribution in [-0.2, 0) is 4.74 Å². The Balaban J connectivity index is 1.39. The first-order chi connectivity index (χ1) is 11.9. The van der Waals surface area contributed by atoms with Gasteiger partial charge in [0.1, 0.15) is 5.82 Å². The first-order valence-electron chi connectivity index (χ1n) is 9.97. The molecule has 3 heterocycles. The van der Waals surface area contributed by atoms with E-state index in [0.29, 0.717) is 6.10 Å². The second-order valence-corrected chi connectivity index (χ2v) is 8.85. The summed E-state index contributed by atoms with van der Waals surface area (Å²) in [5.41, 5.74) is 1.22. The van der Waals surface area contributed by atoms with Crippen LogP contribution in [0, 0.1) is 12.8 Å². The number of aromatic nitrogens is 1. The maximum atomic E-state index is 6.15. The second kappa shape index (κ2) is 8.05. The predicted molar refractivity (Wildman–Crippen MR) is 104 cm³/mol. The minimum Gasteiger partial charge on any atom is -0.373 e. The Bertz CT molecular complexity index is 521. The fraction of sp³-hybridized carbons (Fsp3) is 0.762. The average molecular weight is 346 g/mol. The van der Waals surface area contributed by atoms with Crippen molar-refractivity contribution in [3.63, 3.8) is 0 Å². The van der Waals surface area contributed by atoms with Crippen molar-refractivity contribution in [2.75, 3.05) is 37.6 Å². The zero-order valence-corrected chi connectivity index (χ0v) is 16.5. The molecule has 0 atom stereocenters. The van der Waals surface area contributed by atoms with Crippen molar-refractivity contribution in [2.45, 2.75) is 65.1 Å². The molecule has 2 aliphatic rings. The first kappa shape index (κ1) is 18.7. The molecule has 2 fully saturated rings. The van der Waals surface area contributed by atoms with Gasteiger partial charge in [-0.25, -0.2) is 4.98 Å². The number of anilines is 1. The molecule has 2 saturated heterocycles. The number of pyridine rings is 1. The number of ether oxygens (including phenoxy) is 1. The Kier molecular flexibility index (Phi) is 6.00. The summed E-state index contributed by atoms with van der Waals surface area (Å²) < 4.78 is 6.15. The average Bonchev–Trinajstić information content (AvgIpc) is 2.57. The third kappa shape index (κ3) is 5.68. The van der Waals surface area contributed by atoms with Crippen LogP contribution in [-0.4, -0.2) is 54.3 Å². The standard InChI is InChI=1S/C21H35N3O/c1-17-5-6-20(22-15-17)24-13-7-18(8-14-24)16-23-11-9-19(10-12-23)25-21(2,3)4/h5-6,15,18-19H,7-14,16H2,1-4H3. The van der Waals surface area contributed by atoms with Gasteiger partial charge in [-0.2, -0.15) is 0 Å². The lowest BCUT2D eigenvalue weighted by Crippen LogP contribution is -2.44. The highest BCUT2D eigenvalue weighted by Crippen LogP contribution is 2.25. The molecule has 140 valence electrons. The van der Waals surface area contributed by atoms with Crippen molar-refractivity contribution in [1.29, 1.82) is 0 Å². The van der Waals surface area contributed by atoms with Crippen LogP contribution >= 0.6 is 0 Å². The predicted octanol–water partition coefficient (Wildman–Crippen LogP) is 3.89. The van der Waals surface area contributed by atoms with Crippen LogP contribution in [0.1, 0.15) is 52.0 Å². The smallest absolute Gasteiger partial charge is 0.128 e. The highest BCUT2D eigenvalue weighted by atomic mass is 16.5. The molecule has 1 aromatic heterocycles. The summed E-state index contributed by atoms with van der Waals surface area (Å²) in [6.07, 6.45) is 7.37. The summed E-state index contributed by atoms with van der Waals surface area (Å²) >= 11 is 0. The summed E-state index contributed by atoms with van der Waals surface area (Å²) in [7, 11) is 0. The minimum atomic E-state index is -0.0102. The van der Waals surface area contributed by atoms with Crippen LogP contribution in [0.15, 0.2) is 18.3 Å². The Morgan fingerprint density at radius 1 is 1.04 bits per heavy atom. The largest absolute Gasteiger partial charge is 0.373 e. The van der Waals surface area contributed by atoms with E-state index < -0.39 is 0 Å². The van der Waals surface area contributed by atoms with E-state index in [9.17, 15) is 0 Å². The van der Waals surface area contributed by atoms with Crippen molar-refractivity contribution in [3.05, 3.63) is 23.9 Å². The van der Waals surface area contributed by atoms with Crippen LogP contribution in [0.2, 0.25) is 0 Å². The molecule has 0 N–H and O–H groups in total. The number of hydrogen-bond acceptors (Lipinski definition) is 4. The van der Waals surface area contributed by atoms with Gasteiger partial charge < -0.3 is 14.5 Å². The number of hydrogen-bond donors (Lipinski definition) is 0. The molecule has 0 aliphatic carbocycles. The fourth-order valence-corrected chi connectivity index (χ4v) is 4.07. The monoisotopic (exact) mass is 345 g/mol. The van der Waals surface area contributed by atoms with Gasteiger partial charge in [-0.1, -0.05) is 6.07 Å². The van der Waals surface area contributed by atoms with Gasteiger partial charge in [0.05, 0.1) is 11.7 Å². The maximum absolute atomic E-state index is 6.15. The molecule has 4 heteroatoms. The Morgan fingerprint density at radius 2 is 1.72 bits per heavy atom. The van der Waals surface area contributed by atoms with Crippen LogP contribution in [0.5, 0.6) is 0 Å². The van der Waals surface area contributed by atoms with E-state index in [2.05, 4.69) is 54.6 Å². The molecule has 0 bridgehead atoms.